The summed E-state index contributed by atoms with van der Waals surface area (Å²) in [7, 11) is 0. The highest BCUT2D eigenvalue weighted by atomic mass is 32.1. The van der Waals surface area contributed by atoms with E-state index in [0.717, 1.165) is 30.5 Å². The van der Waals surface area contributed by atoms with Crippen molar-refractivity contribution in [2.24, 2.45) is 5.73 Å². The number of benzene rings is 1. The maximum atomic E-state index is 5.79. The first-order valence-electron chi connectivity index (χ1n) is 6.62. The molecule has 0 atom stereocenters. The quantitative estimate of drug-likeness (QED) is 0.881. The minimum atomic E-state index is 0.573. The minimum Gasteiger partial charge on any atom is -0.343 e. The van der Waals surface area contributed by atoms with E-state index in [1.165, 1.54) is 22.7 Å². The molecule has 0 spiro atoms. The molecule has 0 saturated carbocycles. The predicted molar refractivity (Wildman–Crippen MR) is 80.3 cm³/mol. The van der Waals surface area contributed by atoms with E-state index in [4.69, 9.17) is 5.73 Å². The zero-order valence-corrected chi connectivity index (χ0v) is 12.3. The summed E-state index contributed by atoms with van der Waals surface area (Å²) >= 11 is 1.47. The van der Waals surface area contributed by atoms with Gasteiger partial charge in [-0.1, -0.05) is 31.2 Å². The number of aryl methyl sites for hydroxylation is 1. The van der Waals surface area contributed by atoms with Crippen LogP contribution in [0, 0.1) is 0 Å². The highest BCUT2D eigenvalue weighted by molar-refractivity contribution is 7.09. The zero-order chi connectivity index (χ0) is 13.7. The van der Waals surface area contributed by atoms with Crippen LogP contribution < -0.4 is 10.6 Å². The van der Waals surface area contributed by atoms with Crippen molar-refractivity contribution in [1.82, 2.24) is 9.36 Å². The third-order valence-corrected chi connectivity index (χ3v) is 3.94. The largest absolute Gasteiger partial charge is 0.343 e. The van der Waals surface area contributed by atoms with Crippen molar-refractivity contribution in [3.63, 3.8) is 0 Å². The molecule has 2 N–H and O–H groups in total. The fourth-order valence-corrected chi connectivity index (χ4v) is 2.76. The second-order valence-corrected chi connectivity index (χ2v) is 5.06. The van der Waals surface area contributed by atoms with E-state index in [-0.39, 0.29) is 0 Å². The Morgan fingerprint density at radius 3 is 2.53 bits per heavy atom. The molecule has 0 aliphatic rings. The van der Waals surface area contributed by atoms with Crippen molar-refractivity contribution in [3.05, 3.63) is 41.2 Å². The van der Waals surface area contributed by atoms with Crippen molar-refractivity contribution in [3.8, 4) is 0 Å². The third-order valence-electron chi connectivity index (χ3n) is 3.13. The van der Waals surface area contributed by atoms with E-state index in [1.807, 2.05) is 6.07 Å². The van der Waals surface area contributed by atoms with Gasteiger partial charge in [-0.2, -0.15) is 4.37 Å². The molecule has 19 heavy (non-hydrogen) atoms. The highest BCUT2D eigenvalue weighted by Crippen LogP contribution is 2.21. The first-order chi connectivity index (χ1) is 9.28. The number of rotatable bonds is 6. The van der Waals surface area contributed by atoms with Gasteiger partial charge >= 0.3 is 0 Å². The van der Waals surface area contributed by atoms with E-state index >= 15 is 0 Å². The smallest absolute Gasteiger partial charge is 0.205 e. The van der Waals surface area contributed by atoms with Gasteiger partial charge in [-0.05, 0) is 18.1 Å². The highest BCUT2D eigenvalue weighted by Gasteiger charge is 2.12. The summed E-state index contributed by atoms with van der Waals surface area (Å²) in [5.41, 5.74) is 8.25. The molecular weight excluding hydrogens is 256 g/mol. The Morgan fingerprint density at radius 1 is 1.21 bits per heavy atom. The number of nitrogens with zero attached hydrogens (tertiary/aromatic N) is 3. The molecule has 0 aliphatic heterocycles. The molecular formula is C14H20N4S. The van der Waals surface area contributed by atoms with Crippen LogP contribution in [0.3, 0.4) is 0 Å². The van der Waals surface area contributed by atoms with Crippen molar-refractivity contribution >= 4 is 16.7 Å². The molecule has 0 saturated heterocycles. The van der Waals surface area contributed by atoms with Crippen LogP contribution in [0.2, 0.25) is 0 Å². The van der Waals surface area contributed by atoms with Gasteiger partial charge in [-0.15, -0.1) is 0 Å². The lowest BCUT2D eigenvalue weighted by molar-refractivity contribution is 0.809. The summed E-state index contributed by atoms with van der Waals surface area (Å²) < 4.78 is 4.35. The van der Waals surface area contributed by atoms with Gasteiger partial charge in [0.2, 0.25) is 5.13 Å². The maximum absolute atomic E-state index is 5.79. The molecule has 1 aromatic carbocycles. The molecule has 1 heterocycles. The standard InChI is InChI=1S/C14H20N4S/c1-3-13-16-14(19-17-13)18(4-2)10-12-8-6-5-7-11(12)9-15/h5-8H,3-4,9-10,15H2,1-2H3. The third kappa shape index (κ3) is 3.30. The van der Waals surface area contributed by atoms with Crippen LogP contribution in [-0.2, 0) is 19.5 Å². The summed E-state index contributed by atoms with van der Waals surface area (Å²) in [5, 5.41) is 0.992. The summed E-state index contributed by atoms with van der Waals surface area (Å²) in [6.45, 7) is 6.54. The van der Waals surface area contributed by atoms with E-state index in [1.54, 1.807) is 0 Å². The molecule has 0 fully saturated rings. The SMILES string of the molecule is CCc1nsc(N(CC)Cc2ccccc2CN)n1. The van der Waals surface area contributed by atoms with Crippen LogP contribution >= 0.6 is 11.5 Å². The van der Waals surface area contributed by atoms with Crippen LogP contribution in [-0.4, -0.2) is 15.9 Å². The Morgan fingerprint density at radius 2 is 1.95 bits per heavy atom. The van der Waals surface area contributed by atoms with Crippen LogP contribution in [0.15, 0.2) is 24.3 Å². The second kappa shape index (κ2) is 6.63. The van der Waals surface area contributed by atoms with E-state index in [9.17, 15) is 0 Å². The van der Waals surface area contributed by atoms with Gasteiger partial charge in [0.05, 0.1) is 0 Å². The molecule has 0 bridgehead atoms. The minimum absolute atomic E-state index is 0.573. The average molecular weight is 276 g/mol. The van der Waals surface area contributed by atoms with Crippen LogP contribution in [0.1, 0.15) is 30.8 Å². The van der Waals surface area contributed by atoms with Crippen molar-refractivity contribution in [2.75, 3.05) is 11.4 Å². The van der Waals surface area contributed by atoms with Gasteiger partial charge in [0.25, 0.3) is 0 Å². The molecule has 2 rings (SSSR count). The fraction of sp³-hybridized carbons (Fsp3) is 0.429. The average Bonchev–Trinajstić information content (AvgIpc) is 2.93. The zero-order valence-electron chi connectivity index (χ0n) is 11.5. The van der Waals surface area contributed by atoms with Crippen LogP contribution in [0.4, 0.5) is 5.13 Å². The van der Waals surface area contributed by atoms with Crippen molar-refractivity contribution < 1.29 is 0 Å². The van der Waals surface area contributed by atoms with Crippen LogP contribution in [0.25, 0.3) is 0 Å². The normalized spacial score (nSPS) is 10.7. The van der Waals surface area contributed by atoms with Gasteiger partial charge in [0, 0.05) is 37.6 Å². The number of hydrogen-bond donors (Lipinski definition) is 1. The molecule has 0 amide bonds. The molecule has 2 aromatic rings. The van der Waals surface area contributed by atoms with Crippen LogP contribution in [0.5, 0.6) is 0 Å². The molecule has 0 aliphatic carbocycles. The van der Waals surface area contributed by atoms with E-state index in [2.05, 4.69) is 46.3 Å². The van der Waals surface area contributed by atoms with Crippen molar-refractivity contribution in [2.45, 2.75) is 33.4 Å². The summed E-state index contributed by atoms with van der Waals surface area (Å²) in [4.78, 5) is 6.80. The lowest BCUT2D eigenvalue weighted by atomic mass is 10.1. The summed E-state index contributed by atoms with van der Waals surface area (Å²) in [6.07, 6.45) is 0.882. The van der Waals surface area contributed by atoms with Gasteiger partial charge in [-0.3, -0.25) is 0 Å². The lowest BCUT2D eigenvalue weighted by Crippen LogP contribution is -2.23. The first kappa shape index (κ1) is 14.0. The Balaban J connectivity index is 2.18. The molecule has 4 nitrogen and oxygen atoms in total. The molecule has 0 unspecified atom stereocenters. The Hall–Kier alpha value is -1.46. The van der Waals surface area contributed by atoms with Gasteiger partial charge in [0.15, 0.2) is 0 Å². The van der Waals surface area contributed by atoms with E-state index < -0.39 is 0 Å². The lowest BCUT2D eigenvalue weighted by Gasteiger charge is -2.20. The second-order valence-electron chi connectivity index (χ2n) is 4.33. The molecule has 0 radical (unpaired) electrons. The van der Waals surface area contributed by atoms with Gasteiger partial charge in [0.1, 0.15) is 5.82 Å². The predicted octanol–water partition coefficient (Wildman–Crippen LogP) is 2.59. The maximum Gasteiger partial charge on any atom is 0.205 e. The van der Waals surface area contributed by atoms with Gasteiger partial charge in [-0.25, -0.2) is 4.98 Å². The Labute approximate surface area is 118 Å². The Kier molecular flexibility index (Phi) is 4.87. The van der Waals surface area contributed by atoms with E-state index in [0.29, 0.717) is 6.54 Å². The molecule has 5 heteroatoms. The topological polar surface area (TPSA) is 55.0 Å². The van der Waals surface area contributed by atoms with Crippen molar-refractivity contribution in [1.29, 1.82) is 0 Å². The number of hydrogen-bond acceptors (Lipinski definition) is 5. The number of anilines is 1. The monoisotopic (exact) mass is 276 g/mol. The Bertz CT molecular complexity index is 524. The number of aromatic nitrogens is 2. The van der Waals surface area contributed by atoms with Gasteiger partial charge < -0.3 is 10.6 Å². The number of nitrogens with two attached hydrogens (primary N) is 1. The summed E-state index contributed by atoms with van der Waals surface area (Å²) in [6, 6.07) is 8.30. The first-order valence-corrected chi connectivity index (χ1v) is 7.40. The fourth-order valence-electron chi connectivity index (χ4n) is 1.95. The molecule has 102 valence electrons. The summed E-state index contributed by atoms with van der Waals surface area (Å²) in [5.74, 6) is 0.922. The molecule has 1 aromatic heterocycles.